The Morgan fingerprint density at radius 3 is 2.06 bits per heavy atom. The van der Waals surface area contributed by atoms with Crippen LogP contribution in [0.1, 0.15) is 32.6 Å². The van der Waals surface area contributed by atoms with Crippen molar-refractivity contribution in [2.45, 2.75) is 49.9 Å². The number of amides is 1. The van der Waals surface area contributed by atoms with E-state index < -0.39 is 29.1 Å². The van der Waals surface area contributed by atoms with Gasteiger partial charge in [-0.3, -0.25) is 4.79 Å². The van der Waals surface area contributed by atoms with Crippen LogP contribution < -0.4 is 11.1 Å². The smallest absolute Gasteiger partial charge is 0.415 e. The summed E-state index contributed by atoms with van der Waals surface area (Å²) in [5, 5.41) is 11.0. The molecule has 1 fully saturated rings. The average Bonchev–Trinajstić information content (AvgIpc) is 2.65. The molecule has 1 saturated carbocycles. The minimum atomic E-state index is -4.94. The lowest BCUT2D eigenvalue weighted by Crippen LogP contribution is -2.66. The molecule has 4 N–H and O–H groups in total. The van der Waals surface area contributed by atoms with Crippen LogP contribution in [0.2, 0.25) is 0 Å². The van der Waals surface area contributed by atoms with Crippen molar-refractivity contribution in [3.63, 3.8) is 0 Å². The third kappa shape index (κ3) is 2.43. The number of rotatable bonds is 3. The van der Waals surface area contributed by atoms with Gasteiger partial charge in [-0.05, 0) is 19.8 Å². The zero-order valence-corrected chi connectivity index (χ0v) is 9.80. The topological polar surface area (TPSA) is 92.4 Å². The molecule has 0 spiro atoms. The summed E-state index contributed by atoms with van der Waals surface area (Å²) < 4.78 is 37.7. The molecule has 1 rings (SSSR count). The van der Waals surface area contributed by atoms with Gasteiger partial charge in [0.1, 0.15) is 5.54 Å². The molecule has 104 valence electrons. The van der Waals surface area contributed by atoms with Crippen molar-refractivity contribution in [2.75, 3.05) is 0 Å². The Kier molecular flexibility index (Phi) is 3.62. The molecule has 1 aliphatic carbocycles. The Labute approximate surface area is 102 Å². The van der Waals surface area contributed by atoms with Crippen molar-refractivity contribution < 1.29 is 27.9 Å². The molecular weight excluding hydrogens is 253 g/mol. The lowest BCUT2D eigenvalue weighted by molar-refractivity contribution is -0.189. The van der Waals surface area contributed by atoms with Crippen LogP contribution in [0.3, 0.4) is 0 Å². The van der Waals surface area contributed by atoms with Crippen LogP contribution in [0, 0.1) is 0 Å². The highest BCUT2D eigenvalue weighted by Crippen LogP contribution is 2.33. The number of carbonyl (C=O) groups excluding carboxylic acids is 1. The summed E-state index contributed by atoms with van der Waals surface area (Å²) in [5.74, 6) is -2.84. The summed E-state index contributed by atoms with van der Waals surface area (Å²) in [7, 11) is 0. The number of halogens is 3. The second-order valence-electron chi connectivity index (χ2n) is 4.75. The predicted octanol–water partition coefficient (Wildman–Crippen LogP) is 0.780. The SMILES string of the molecule is CC(N)(C(=O)NC1(C(=O)O)CCCC1)C(F)(F)F. The van der Waals surface area contributed by atoms with E-state index in [4.69, 9.17) is 10.8 Å². The van der Waals surface area contributed by atoms with Gasteiger partial charge in [-0.25, -0.2) is 4.79 Å². The Hall–Kier alpha value is -1.31. The molecule has 1 unspecified atom stereocenters. The summed E-state index contributed by atoms with van der Waals surface area (Å²) in [6, 6.07) is 0. The standard InChI is InChI=1S/C10H15F3N2O3/c1-8(14,10(11,12)13)6(16)15-9(7(17)18)4-2-3-5-9/h2-5,14H2,1H3,(H,15,16)(H,17,18). The van der Waals surface area contributed by atoms with E-state index in [1.165, 1.54) is 0 Å². The van der Waals surface area contributed by atoms with E-state index >= 15 is 0 Å². The molecule has 5 nitrogen and oxygen atoms in total. The molecular formula is C10H15F3N2O3. The van der Waals surface area contributed by atoms with E-state index in [-0.39, 0.29) is 12.8 Å². The van der Waals surface area contributed by atoms with Gasteiger partial charge in [0, 0.05) is 0 Å². The number of hydrogen-bond acceptors (Lipinski definition) is 3. The first-order chi connectivity index (χ1) is 8.03. The normalized spacial score (nSPS) is 22.3. The number of aliphatic carboxylic acids is 1. The largest absolute Gasteiger partial charge is 0.480 e. The molecule has 0 saturated heterocycles. The minimum Gasteiger partial charge on any atom is -0.480 e. The third-order valence-electron chi connectivity index (χ3n) is 3.28. The zero-order valence-electron chi connectivity index (χ0n) is 9.80. The van der Waals surface area contributed by atoms with E-state index in [9.17, 15) is 22.8 Å². The van der Waals surface area contributed by atoms with Gasteiger partial charge in [-0.1, -0.05) is 12.8 Å². The monoisotopic (exact) mass is 268 g/mol. The lowest BCUT2D eigenvalue weighted by Gasteiger charge is -2.32. The van der Waals surface area contributed by atoms with Gasteiger partial charge in [-0.2, -0.15) is 13.2 Å². The highest BCUT2D eigenvalue weighted by molar-refractivity contribution is 5.92. The quantitative estimate of drug-likeness (QED) is 0.705. The van der Waals surface area contributed by atoms with Gasteiger partial charge in [0.25, 0.3) is 0 Å². The lowest BCUT2D eigenvalue weighted by atomic mass is 9.94. The van der Waals surface area contributed by atoms with Crippen LogP contribution in [0.4, 0.5) is 13.2 Å². The molecule has 0 aromatic carbocycles. The van der Waals surface area contributed by atoms with Crippen molar-refractivity contribution in [3.8, 4) is 0 Å². The van der Waals surface area contributed by atoms with Gasteiger partial charge in [0.05, 0.1) is 0 Å². The van der Waals surface area contributed by atoms with Crippen molar-refractivity contribution in [1.29, 1.82) is 0 Å². The third-order valence-corrected chi connectivity index (χ3v) is 3.28. The predicted molar refractivity (Wildman–Crippen MR) is 55.6 cm³/mol. The number of carboxylic acids is 1. The summed E-state index contributed by atoms with van der Waals surface area (Å²) in [4.78, 5) is 22.7. The highest BCUT2D eigenvalue weighted by Gasteiger charge is 2.56. The van der Waals surface area contributed by atoms with Crippen molar-refractivity contribution >= 4 is 11.9 Å². The van der Waals surface area contributed by atoms with Gasteiger partial charge in [0.15, 0.2) is 5.54 Å². The molecule has 0 aliphatic heterocycles. The van der Waals surface area contributed by atoms with E-state index in [2.05, 4.69) is 0 Å². The second-order valence-corrected chi connectivity index (χ2v) is 4.75. The Morgan fingerprint density at radius 1 is 1.28 bits per heavy atom. The van der Waals surface area contributed by atoms with Gasteiger partial charge < -0.3 is 16.2 Å². The van der Waals surface area contributed by atoms with Crippen LogP contribution in [-0.4, -0.2) is 34.2 Å². The fraction of sp³-hybridized carbons (Fsp3) is 0.800. The Bertz CT molecular complexity index is 360. The molecule has 1 amide bonds. The minimum absolute atomic E-state index is 0.113. The van der Waals surface area contributed by atoms with Crippen LogP contribution in [0.25, 0.3) is 0 Å². The first-order valence-corrected chi connectivity index (χ1v) is 5.44. The number of nitrogens with one attached hydrogen (secondary N) is 1. The van der Waals surface area contributed by atoms with Gasteiger partial charge in [0.2, 0.25) is 5.91 Å². The fourth-order valence-corrected chi connectivity index (χ4v) is 1.85. The maximum Gasteiger partial charge on any atom is 0.415 e. The van der Waals surface area contributed by atoms with Crippen LogP contribution in [0.15, 0.2) is 0 Å². The van der Waals surface area contributed by atoms with Gasteiger partial charge in [-0.15, -0.1) is 0 Å². The highest BCUT2D eigenvalue weighted by atomic mass is 19.4. The number of nitrogens with two attached hydrogens (primary N) is 1. The molecule has 18 heavy (non-hydrogen) atoms. The van der Waals surface area contributed by atoms with Crippen molar-refractivity contribution in [3.05, 3.63) is 0 Å². The van der Waals surface area contributed by atoms with Crippen LogP contribution in [-0.2, 0) is 9.59 Å². The molecule has 0 aromatic heterocycles. The average molecular weight is 268 g/mol. The number of carbonyl (C=O) groups is 2. The summed E-state index contributed by atoms with van der Waals surface area (Å²) >= 11 is 0. The molecule has 0 radical (unpaired) electrons. The Balaban J connectivity index is 2.90. The summed E-state index contributed by atoms with van der Waals surface area (Å²) in [6.45, 7) is 0.521. The van der Waals surface area contributed by atoms with Crippen LogP contribution >= 0.6 is 0 Å². The van der Waals surface area contributed by atoms with Crippen molar-refractivity contribution in [1.82, 2.24) is 5.32 Å². The summed E-state index contributed by atoms with van der Waals surface area (Å²) in [6.07, 6.45) is -3.63. The molecule has 0 heterocycles. The van der Waals surface area contributed by atoms with Crippen molar-refractivity contribution in [2.24, 2.45) is 5.73 Å². The molecule has 1 atom stereocenters. The number of hydrogen-bond donors (Lipinski definition) is 3. The summed E-state index contributed by atoms with van der Waals surface area (Å²) in [5.41, 5.74) is 0.223. The van der Waals surface area contributed by atoms with E-state index in [0.717, 1.165) is 0 Å². The maximum absolute atomic E-state index is 12.6. The van der Waals surface area contributed by atoms with Crippen LogP contribution in [0.5, 0.6) is 0 Å². The number of alkyl halides is 3. The molecule has 1 aliphatic rings. The Morgan fingerprint density at radius 2 is 1.72 bits per heavy atom. The van der Waals surface area contributed by atoms with E-state index in [0.29, 0.717) is 19.8 Å². The zero-order chi connectivity index (χ0) is 14.2. The van der Waals surface area contributed by atoms with E-state index in [1.807, 2.05) is 5.32 Å². The fourth-order valence-electron chi connectivity index (χ4n) is 1.85. The maximum atomic E-state index is 12.6. The van der Waals surface area contributed by atoms with E-state index in [1.54, 1.807) is 0 Å². The number of carboxylic acid groups (broad SMARTS) is 1. The molecule has 0 aromatic rings. The first-order valence-electron chi connectivity index (χ1n) is 5.44. The second kappa shape index (κ2) is 4.42. The van der Waals surface area contributed by atoms with Gasteiger partial charge >= 0.3 is 12.1 Å². The first kappa shape index (κ1) is 14.7. The molecule has 0 bridgehead atoms. The molecule has 8 heteroatoms.